The number of nitrogens with one attached hydrogen (secondary N) is 1. The van der Waals surface area contributed by atoms with Crippen molar-refractivity contribution < 1.29 is 4.74 Å². The van der Waals surface area contributed by atoms with E-state index in [1.54, 1.807) is 0 Å². The summed E-state index contributed by atoms with van der Waals surface area (Å²) in [5.74, 6) is 1.89. The Hall–Kier alpha value is -2.59. The van der Waals surface area contributed by atoms with E-state index >= 15 is 0 Å². The first kappa shape index (κ1) is 14.0. The number of fused-ring (bicyclic) bond motifs is 2. The Labute approximate surface area is 135 Å². The SMILES string of the molecule is c1ccc2c(c1)Oc1ccccc1C2NCCCn1ccnc1. The molecule has 0 atom stereocenters. The van der Waals surface area contributed by atoms with Crippen molar-refractivity contribution in [2.45, 2.75) is 19.0 Å². The van der Waals surface area contributed by atoms with Gasteiger partial charge in [-0.1, -0.05) is 36.4 Å². The smallest absolute Gasteiger partial charge is 0.132 e. The first-order valence-corrected chi connectivity index (χ1v) is 7.96. The Morgan fingerprint density at radius 1 is 1.00 bits per heavy atom. The molecule has 1 aliphatic rings. The highest BCUT2D eigenvalue weighted by molar-refractivity contribution is 5.52. The third-order valence-electron chi connectivity index (χ3n) is 4.18. The van der Waals surface area contributed by atoms with Crippen molar-refractivity contribution in [2.24, 2.45) is 0 Å². The van der Waals surface area contributed by atoms with Crippen molar-refractivity contribution >= 4 is 0 Å². The number of benzene rings is 2. The summed E-state index contributed by atoms with van der Waals surface area (Å²) in [5, 5.41) is 3.68. The molecule has 0 aliphatic carbocycles. The molecule has 4 heteroatoms. The number of hydrogen-bond acceptors (Lipinski definition) is 3. The number of ether oxygens (including phenoxy) is 1. The molecule has 1 aromatic heterocycles. The van der Waals surface area contributed by atoms with Crippen LogP contribution in [0.5, 0.6) is 11.5 Å². The number of aromatic nitrogens is 2. The third kappa shape index (κ3) is 2.85. The van der Waals surface area contributed by atoms with Crippen molar-refractivity contribution in [1.29, 1.82) is 0 Å². The van der Waals surface area contributed by atoms with Crippen molar-refractivity contribution in [1.82, 2.24) is 14.9 Å². The Kier molecular flexibility index (Phi) is 3.82. The molecule has 0 saturated carbocycles. The number of aryl methyl sites for hydroxylation is 1. The fourth-order valence-electron chi connectivity index (χ4n) is 3.06. The molecule has 0 unspecified atom stereocenters. The van der Waals surface area contributed by atoms with Gasteiger partial charge in [-0.2, -0.15) is 0 Å². The van der Waals surface area contributed by atoms with E-state index in [-0.39, 0.29) is 6.04 Å². The first-order chi connectivity index (χ1) is 11.4. The van der Waals surface area contributed by atoms with Crippen LogP contribution in [-0.2, 0) is 6.54 Å². The lowest BCUT2D eigenvalue weighted by atomic mass is 9.94. The molecule has 0 saturated heterocycles. The van der Waals surface area contributed by atoms with E-state index in [1.165, 1.54) is 11.1 Å². The molecule has 23 heavy (non-hydrogen) atoms. The van der Waals surface area contributed by atoms with E-state index in [0.29, 0.717) is 0 Å². The van der Waals surface area contributed by atoms with E-state index in [4.69, 9.17) is 4.74 Å². The van der Waals surface area contributed by atoms with Crippen LogP contribution in [-0.4, -0.2) is 16.1 Å². The van der Waals surface area contributed by atoms with Crippen molar-refractivity contribution in [3.63, 3.8) is 0 Å². The van der Waals surface area contributed by atoms with E-state index in [0.717, 1.165) is 31.0 Å². The highest BCUT2D eigenvalue weighted by Crippen LogP contribution is 2.42. The quantitative estimate of drug-likeness (QED) is 0.730. The highest BCUT2D eigenvalue weighted by atomic mass is 16.5. The molecule has 116 valence electrons. The molecule has 2 aromatic carbocycles. The highest BCUT2D eigenvalue weighted by Gasteiger charge is 2.25. The number of para-hydroxylation sites is 2. The molecule has 4 nitrogen and oxygen atoms in total. The average molecular weight is 305 g/mol. The van der Waals surface area contributed by atoms with Crippen LogP contribution >= 0.6 is 0 Å². The molecule has 0 amide bonds. The summed E-state index contributed by atoms with van der Waals surface area (Å²) in [5.41, 5.74) is 2.41. The predicted molar refractivity (Wildman–Crippen MR) is 89.6 cm³/mol. The summed E-state index contributed by atoms with van der Waals surface area (Å²) in [6, 6.07) is 16.7. The van der Waals surface area contributed by atoms with Crippen LogP contribution in [0.4, 0.5) is 0 Å². The summed E-state index contributed by atoms with van der Waals surface area (Å²) in [6.07, 6.45) is 6.73. The van der Waals surface area contributed by atoms with E-state index in [1.807, 2.05) is 43.0 Å². The molecular weight excluding hydrogens is 286 g/mol. The second-order valence-corrected chi connectivity index (χ2v) is 5.72. The van der Waals surface area contributed by atoms with Crippen LogP contribution in [0.15, 0.2) is 67.3 Å². The minimum absolute atomic E-state index is 0.180. The van der Waals surface area contributed by atoms with Gasteiger partial charge < -0.3 is 14.6 Å². The maximum absolute atomic E-state index is 6.02. The third-order valence-corrected chi connectivity index (χ3v) is 4.18. The van der Waals surface area contributed by atoms with Gasteiger partial charge in [-0.05, 0) is 25.1 Å². The Balaban J connectivity index is 1.50. The molecule has 0 fully saturated rings. The monoisotopic (exact) mass is 305 g/mol. The van der Waals surface area contributed by atoms with Crippen LogP contribution < -0.4 is 10.1 Å². The van der Waals surface area contributed by atoms with Crippen LogP contribution in [0.2, 0.25) is 0 Å². The van der Waals surface area contributed by atoms with Gasteiger partial charge in [0.25, 0.3) is 0 Å². The van der Waals surface area contributed by atoms with Gasteiger partial charge in [-0.15, -0.1) is 0 Å². The molecule has 0 radical (unpaired) electrons. The number of nitrogens with zero attached hydrogens (tertiary/aromatic N) is 2. The van der Waals surface area contributed by atoms with Gasteiger partial charge >= 0.3 is 0 Å². The molecule has 0 spiro atoms. The van der Waals surface area contributed by atoms with Crippen molar-refractivity contribution in [3.05, 3.63) is 78.4 Å². The maximum Gasteiger partial charge on any atom is 0.132 e. The summed E-state index contributed by atoms with van der Waals surface area (Å²) in [4.78, 5) is 4.08. The number of hydrogen-bond donors (Lipinski definition) is 1. The molecule has 1 aliphatic heterocycles. The van der Waals surface area contributed by atoms with Crippen LogP contribution in [0.1, 0.15) is 23.6 Å². The van der Waals surface area contributed by atoms with E-state index in [9.17, 15) is 0 Å². The zero-order valence-electron chi connectivity index (χ0n) is 12.9. The molecule has 2 heterocycles. The fourth-order valence-corrected chi connectivity index (χ4v) is 3.06. The van der Waals surface area contributed by atoms with Gasteiger partial charge in [0.1, 0.15) is 11.5 Å². The standard InChI is InChI=1S/C19H19N3O/c1-3-8-17-15(6-1)19(16-7-2-4-9-18(16)23-17)21-10-5-12-22-13-11-20-14-22/h1-4,6-9,11,13-14,19,21H,5,10,12H2. The predicted octanol–water partition coefficient (Wildman–Crippen LogP) is 3.76. The Bertz CT molecular complexity index is 737. The zero-order chi connectivity index (χ0) is 15.5. The summed E-state index contributed by atoms with van der Waals surface area (Å²) in [6.45, 7) is 1.91. The number of rotatable bonds is 5. The van der Waals surface area contributed by atoms with Crippen LogP contribution in [0.3, 0.4) is 0 Å². The van der Waals surface area contributed by atoms with Crippen LogP contribution in [0.25, 0.3) is 0 Å². The van der Waals surface area contributed by atoms with Gasteiger partial charge in [0.15, 0.2) is 0 Å². The summed E-state index contributed by atoms with van der Waals surface area (Å²) < 4.78 is 8.13. The first-order valence-electron chi connectivity index (χ1n) is 7.96. The fraction of sp³-hybridized carbons (Fsp3) is 0.211. The lowest BCUT2D eigenvalue weighted by molar-refractivity contribution is 0.424. The second kappa shape index (κ2) is 6.26. The number of imidazole rings is 1. The molecule has 1 N–H and O–H groups in total. The topological polar surface area (TPSA) is 39.1 Å². The normalized spacial score (nSPS) is 13.2. The zero-order valence-corrected chi connectivity index (χ0v) is 12.9. The minimum Gasteiger partial charge on any atom is -0.457 e. The molecule has 4 rings (SSSR count). The Morgan fingerprint density at radius 3 is 2.35 bits per heavy atom. The lowest BCUT2D eigenvalue weighted by Crippen LogP contribution is -2.27. The molecule has 3 aromatic rings. The summed E-state index contributed by atoms with van der Waals surface area (Å²) in [7, 11) is 0. The van der Waals surface area contributed by atoms with Crippen molar-refractivity contribution in [2.75, 3.05) is 6.54 Å². The summed E-state index contributed by atoms with van der Waals surface area (Å²) >= 11 is 0. The minimum atomic E-state index is 0.180. The maximum atomic E-state index is 6.02. The van der Waals surface area contributed by atoms with Gasteiger partial charge in [-0.3, -0.25) is 0 Å². The average Bonchev–Trinajstić information content (AvgIpc) is 3.11. The van der Waals surface area contributed by atoms with E-state index < -0.39 is 0 Å². The van der Waals surface area contributed by atoms with Gasteiger partial charge in [0, 0.05) is 30.1 Å². The largest absolute Gasteiger partial charge is 0.457 e. The molecular formula is C19H19N3O. The van der Waals surface area contributed by atoms with Crippen molar-refractivity contribution in [3.8, 4) is 11.5 Å². The molecule has 0 bridgehead atoms. The van der Waals surface area contributed by atoms with Gasteiger partial charge in [-0.25, -0.2) is 4.98 Å². The van der Waals surface area contributed by atoms with Gasteiger partial charge in [0.05, 0.1) is 12.4 Å². The lowest BCUT2D eigenvalue weighted by Gasteiger charge is -2.29. The Morgan fingerprint density at radius 2 is 1.70 bits per heavy atom. The van der Waals surface area contributed by atoms with E-state index in [2.05, 4.69) is 39.1 Å². The van der Waals surface area contributed by atoms with Gasteiger partial charge in [0.2, 0.25) is 0 Å². The van der Waals surface area contributed by atoms with Crippen LogP contribution in [0, 0.1) is 0 Å². The second-order valence-electron chi connectivity index (χ2n) is 5.72.